The second-order valence-electron chi connectivity index (χ2n) is 4.71. The molecule has 3 unspecified atom stereocenters. The van der Waals surface area contributed by atoms with E-state index in [2.05, 4.69) is 35.8 Å². The zero-order valence-corrected chi connectivity index (χ0v) is 10.1. The summed E-state index contributed by atoms with van der Waals surface area (Å²) in [5, 5.41) is 3.54. The van der Waals surface area contributed by atoms with Crippen LogP contribution in [-0.2, 0) is 0 Å². The molecule has 0 saturated carbocycles. The van der Waals surface area contributed by atoms with E-state index in [0.29, 0.717) is 12.1 Å². The first-order chi connectivity index (χ1) is 6.77. The van der Waals surface area contributed by atoms with E-state index in [1.165, 1.54) is 37.6 Å². The molecule has 2 aliphatic rings. The first-order valence-electron chi connectivity index (χ1n) is 5.82. The molecule has 0 aromatic heterocycles. The van der Waals surface area contributed by atoms with E-state index in [1.807, 2.05) is 0 Å². The predicted octanol–water partition coefficient (Wildman–Crippen LogP) is 1.42. The normalized spacial score (nSPS) is 40.3. The van der Waals surface area contributed by atoms with Gasteiger partial charge in [0.25, 0.3) is 0 Å². The van der Waals surface area contributed by atoms with Crippen LogP contribution in [0.15, 0.2) is 0 Å². The van der Waals surface area contributed by atoms with Gasteiger partial charge in [-0.05, 0) is 37.7 Å². The smallest absolute Gasteiger partial charge is 0.0219 e. The van der Waals surface area contributed by atoms with Crippen LogP contribution in [-0.4, -0.2) is 48.1 Å². The number of thioether (sulfide) groups is 1. The summed E-state index contributed by atoms with van der Waals surface area (Å²) in [7, 11) is 0. The van der Waals surface area contributed by atoms with E-state index in [4.69, 9.17) is 0 Å². The van der Waals surface area contributed by atoms with Gasteiger partial charge in [0.1, 0.15) is 0 Å². The highest BCUT2D eigenvalue weighted by Gasteiger charge is 2.27. The van der Waals surface area contributed by atoms with Crippen molar-refractivity contribution in [2.24, 2.45) is 5.92 Å². The van der Waals surface area contributed by atoms with Crippen LogP contribution in [0.2, 0.25) is 0 Å². The number of nitrogens with zero attached hydrogens (tertiary/aromatic N) is 1. The summed E-state index contributed by atoms with van der Waals surface area (Å²) < 4.78 is 0. The Morgan fingerprint density at radius 2 is 2.29 bits per heavy atom. The Kier molecular flexibility index (Phi) is 3.74. The van der Waals surface area contributed by atoms with E-state index >= 15 is 0 Å². The third-order valence-corrected chi connectivity index (χ3v) is 4.91. The zero-order chi connectivity index (χ0) is 9.97. The Balaban J connectivity index is 1.83. The minimum atomic E-state index is 0.665. The monoisotopic (exact) mass is 214 g/mol. The van der Waals surface area contributed by atoms with Crippen LogP contribution in [0, 0.1) is 5.92 Å². The lowest BCUT2D eigenvalue weighted by Crippen LogP contribution is -2.56. The average Bonchev–Trinajstić information content (AvgIpc) is 2.66. The Labute approximate surface area is 91.8 Å². The fourth-order valence-corrected chi connectivity index (χ4v) is 3.71. The fourth-order valence-electron chi connectivity index (χ4n) is 2.44. The van der Waals surface area contributed by atoms with E-state index in [0.717, 1.165) is 5.92 Å². The van der Waals surface area contributed by atoms with Crippen LogP contribution >= 0.6 is 11.8 Å². The van der Waals surface area contributed by atoms with Crippen LogP contribution in [0.3, 0.4) is 0 Å². The summed E-state index contributed by atoms with van der Waals surface area (Å²) in [6.45, 7) is 8.41. The van der Waals surface area contributed by atoms with Gasteiger partial charge in [0.05, 0.1) is 0 Å². The molecule has 14 heavy (non-hydrogen) atoms. The highest BCUT2D eigenvalue weighted by molar-refractivity contribution is 7.99. The van der Waals surface area contributed by atoms with E-state index in [1.54, 1.807) is 0 Å². The van der Waals surface area contributed by atoms with Gasteiger partial charge in [-0.25, -0.2) is 0 Å². The van der Waals surface area contributed by atoms with Gasteiger partial charge in [-0.15, -0.1) is 0 Å². The summed E-state index contributed by atoms with van der Waals surface area (Å²) in [4.78, 5) is 2.68. The third-order valence-electron chi connectivity index (χ3n) is 3.68. The molecule has 2 saturated heterocycles. The first kappa shape index (κ1) is 10.8. The number of nitrogens with one attached hydrogen (secondary N) is 1. The minimum absolute atomic E-state index is 0.665. The molecule has 0 bridgehead atoms. The summed E-state index contributed by atoms with van der Waals surface area (Å²) in [6.07, 6.45) is 1.44. The second kappa shape index (κ2) is 4.86. The molecule has 3 heteroatoms. The molecule has 0 amide bonds. The van der Waals surface area contributed by atoms with Gasteiger partial charge in [0.2, 0.25) is 0 Å². The van der Waals surface area contributed by atoms with Gasteiger partial charge < -0.3 is 5.32 Å². The summed E-state index contributed by atoms with van der Waals surface area (Å²) in [5.74, 6) is 3.75. The highest BCUT2D eigenvalue weighted by Crippen LogP contribution is 2.25. The lowest BCUT2D eigenvalue weighted by Gasteiger charge is -2.39. The molecule has 2 aliphatic heterocycles. The van der Waals surface area contributed by atoms with E-state index in [-0.39, 0.29) is 0 Å². The molecular formula is C11H22N2S. The van der Waals surface area contributed by atoms with Crippen molar-refractivity contribution in [3.8, 4) is 0 Å². The van der Waals surface area contributed by atoms with Crippen LogP contribution in [0.25, 0.3) is 0 Å². The molecular weight excluding hydrogens is 192 g/mol. The number of hydrogen-bond acceptors (Lipinski definition) is 3. The maximum Gasteiger partial charge on any atom is 0.0219 e. The lowest BCUT2D eigenvalue weighted by molar-refractivity contribution is 0.122. The molecule has 0 radical (unpaired) electrons. The maximum absolute atomic E-state index is 3.54. The van der Waals surface area contributed by atoms with Gasteiger partial charge in [-0.3, -0.25) is 4.90 Å². The molecule has 1 N–H and O–H groups in total. The molecule has 0 aliphatic carbocycles. The van der Waals surface area contributed by atoms with Crippen molar-refractivity contribution in [3.05, 3.63) is 0 Å². The minimum Gasteiger partial charge on any atom is -0.311 e. The number of rotatable bonds is 2. The zero-order valence-electron chi connectivity index (χ0n) is 9.33. The molecule has 82 valence electrons. The van der Waals surface area contributed by atoms with Crippen LogP contribution in [0.1, 0.15) is 20.3 Å². The topological polar surface area (TPSA) is 15.3 Å². The van der Waals surface area contributed by atoms with Crippen molar-refractivity contribution < 1.29 is 0 Å². The second-order valence-corrected chi connectivity index (χ2v) is 5.86. The van der Waals surface area contributed by atoms with Gasteiger partial charge >= 0.3 is 0 Å². The van der Waals surface area contributed by atoms with Crippen LogP contribution in [0.5, 0.6) is 0 Å². The van der Waals surface area contributed by atoms with E-state index in [9.17, 15) is 0 Å². The molecule has 2 heterocycles. The van der Waals surface area contributed by atoms with Gasteiger partial charge in [0, 0.05) is 31.7 Å². The summed E-state index contributed by atoms with van der Waals surface area (Å²) in [5.41, 5.74) is 0. The van der Waals surface area contributed by atoms with Gasteiger partial charge in [0.15, 0.2) is 0 Å². The Hall–Kier alpha value is 0.270. The quantitative estimate of drug-likeness (QED) is 0.748. The summed E-state index contributed by atoms with van der Waals surface area (Å²) in [6, 6.07) is 1.38. The first-order valence-corrected chi connectivity index (χ1v) is 6.98. The molecule has 2 nitrogen and oxygen atoms in total. The highest BCUT2D eigenvalue weighted by atomic mass is 32.2. The number of hydrogen-bond donors (Lipinski definition) is 1. The standard InChI is InChI=1S/C11H22N2S/c1-9-10(2)13(5-4-12-9)7-11-3-6-14-8-11/h9-12H,3-8H2,1-2H3. The van der Waals surface area contributed by atoms with Crippen molar-refractivity contribution in [1.82, 2.24) is 10.2 Å². The average molecular weight is 214 g/mol. The molecule has 2 rings (SSSR count). The Bertz CT molecular complexity index is 180. The Morgan fingerprint density at radius 3 is 3.00 bits per heavy atom. The third kappa shape index (κ3) is 2.44. The van der Waals surface area contributed by atoms with Crippen molar-refractivity contribution in [1.29, 1.82) is 0 Å². The molecule has 0 spiro atoms. The van der Waals surface area contributed by atoms with Crippen molar-refractivity contribution in [2.45, 2.75) is 32.4 Å². The largest absolute Gasteiger partial charge is 0.311 e. The van der Waals surface area contributed by atoms with Crippen molar-refractivity contribution in [3.63, 3.8) is 0 Å². The number of piperazine rings is 1. The maximum atomic E-state index is 3.54. The SMILES string of the molecule is CC1NCCN(CC2CCSC2)C1C. The summed E-state index contributed by atoms with van der Waals surface area (Å²) >= 11 is 2.13. The van der Waals surface area contributed by atoms with Gasteiger partial charge in [-0.2, -0.15) is 11.8 Å². The molecule has 2 fully saturated rings. The molecule has 0 aromatic rings. The Morgan fingerprint density at radius 1 is 1.43 bits per heavy atom. The van der Waals surface area contributed by atoms with E-state index < -0.39 is 0 Å². The van der Waals surface area contributed by atoms with Crippen molar-refractivity contribution in [2.75, 3.05) is 31.1 Å². The van der Waals surface area contributed by atoms with Gasteiger partial charge in [-0.1, -0.05) is 0 Å². The predicted molar refractivity (Wildman–Crippen MR) is 63.9 cm³/mol. The fraction of sp³-hybridized carbons (Fsp3) is 1.00. The van der Waals surface area contributed by atoms with Crippen LogP contribution < -0.4 is 5.32 Å². The lowest BCUT2D eigenvalue weighted by atomic mass is 10.0. The van der Waals surface area contributed by atoms with Crippen molar-refractivity contribution >= 4 is 11.8 Å². The molecule has 3 atom stereocenters. The van der Waals surface area contributed by atoms with Crippen LogP contribution in [0.4, 0.5) is 0 Å². The molecule has 0 aromatic carbocycles.